The van der Waals surface area contributed by atoms with Gasteiger partial charge in [0.2, 0.25) is 0 Å². The van der Waals surface area contributed by atoms with Crippen LogP contribution < -0.4 is 5.32 Å². The molecule has 0 saturated carbocycles. The zero-order chi connectivity index (χ0) is 19.5. The Morgan fingerprint density at radius 2 is 2.19 bits per heavy atom. The minimum absolute atomic E-state index is 0.144. The zero-order valence-corrected chi connectivity index (χ0v) is 16.8. The first-order valence-electron chi connectivity index (χ1n) is 9.01. The highest BCUT2D eigenvalue weighted by atomic mass is 32.2. The Hall–Kier alpha value is -2.42. The summed E-state index contributed by atoms with van der Waals surface area (Å²) in [5.41, 5.74) is 0.984. The van der Waals surface area contributed by atoms with Crippen LogP contribution in [0.15, 0.2) is 42.0 Å². The quantitative estimate of drug-likeness (QED) is 0.624. The van der Waals surface area contributed by atoms with Gasteiger partial charge in [-0.05, 0) is 32.4 Å². The van der Waals surface area contributed by atoms with Gasteiger partial charge in [-0.1, -0.05) is 6.07 Å². The number of nitrogens with zero attached hydrogens (tertiary/aromatic N) is 5. The van der Waals surface area contributed by atoms with Crippen LogP contribution in [0.4, 0.5) is 0 Å². The summed E-state index contributed by atoms with van der Waals surface area (Å²) in [6.45, 7) is 7.63. The topological polar surface area (TPSA) is 92.5 Å². The van der Waals surface area contributed by atoms with E-state index in [0.717, 1.165) is 23.9 Å². The van der Waals surface area contributed by atoms with Gasteiger partial charge >= 0.3 is 0 Å². The lowest BCUT2D eigenvalue weighted by molar-refractivity contribution is 0.353. The third kappa shape index (κ3) is 4.29. The number of hydrogen-bond acceptors (Lipinski definition) is 5. The summed E-state index contributed by atoms with van der Waals surface area (Å²) in [6.07, 6.45) is 7.06. The SMILES string of the molecule is CCNC(=NCc1ccc(-n2ccnc2)nc1)N1CCS(=O)(=O)C(C)(C)C1. The average Bonchev–Trinajstić information content (AvgIpc) is 3.16. The molecule has 1 N–H and O–H groups in total. The summed E-state index contributed by atoms with van der Waals surface area (Å²) >= 11 is 0. The smallest absolute Gasteiger partial charge is 0.194 e. The normalized spacial score (nSPS) is 19.1. The number of guanidine groups is 1. The largest absolute Gasteiger partial charge is 0.357 e. The molecule has 3 rings (SSSR count). The molecule has 0 aliphatic carbocycles. The van der Waals surface area contributed by atoms with E-state index in [-0.39, 0.29) is 5.75 Å². The first-order chi connectivity index (χ1) is 12.8. The van der Waals surface area contributed by atoms with Crippen LogP contribution in [0, 0.1) is 0 Å². The summed E-state index contributed by atoms with van der Waals surface area (Å²) in [7, 11) is -3.08. The lowest BCUT2D eigenvalue weighted by Crippen LogP contribution is -2.57. The lowest BCUT2D eigenvalue weighted by atomic mass is 10.2. The highest BCUT2D eigenvalue weighted by Crippen LogP contribution is 2.23. The van der Waals surface area contributed by atoms with Gasteiger partial charge in [0.15, 0.2) is 15.8 Å². The minimum atomic E-state index is -3.08. The molecule has 0 unspecified atom stereocenters. The molecular formula is C18H26N6O2S. The van der Waals surface area contributed by atoms with Crippen molar-refractivity contribution in [1.82, 2.24) is 24.8 Å². The van der Waals surface area contributed by atoms with Crippen molar-refractivity contribution in [3.8, 4) is 5.82 Å². The predicted molar refractivity (Wildman–Crippen MR) is 106 cm³/mol. The average molecular weight is 391 g/mol. The van der Waals surface area contributed by atoms with Crippen LogP contribution in [0.25, 0.3) is 5.82 Å². The van der Waals surface area contributed by atoms with Crippen LogP contribution in [-0.2, 0) is 16.4 Å². The molecule has 27 heavy (non-hydrogen) atoms. The number of rotatable bonds is 4. The van der Waals surface area contributed by atoms with Crippen LogP contribution in [0.5, 0.6) is 0 Å². The van der Waals surface area contributed by atoms with Crippen molar-refractivity contribution in [2.24, 2.45) is 4.99 Å². The molecule has 0 amide bonds. The molecule has 2 aromatic rings. The standard InChI is InChI=1S/C18H26N6O2S/c1-4-20-17(23-9-10-27(25,26)18(2,3)13-23)22-12-15-5-6-16(21-11-15)24-8-7-19-14-24/h5-8,11,14H,4,9-10,12-13H2,1-3H3,(H,20,22). The fraction of sp³-hybridized carbons (Fsp3) is 0.500. The van der Waals surface area contributed by atoms with Crippen LogP contribution in [0.1, 0.15) is 26.3 Å². The third-order valence-electron chi connectivity index (χ3n) is 4.67. The van der Waals surface area contributed by atoms with Crippen molar-refractivity contribution in [1.29, 1.82) is 0 Å². The van der Waals surface area contributed by atoms with Crippen molar-refractivity contribution < 1.29 is 8.42 Å². The molecule has 1 aliphatic heterocycles. The van der Waals surface area contributed by atoms with E-state index in [9.17, 15) is 8.42 Å². The number of pyridine rings is 1. The Kier molecular flexibility index (Phi) is 5.50. The van der Waals surface area contributed by atoms with Gasteiger partial charge in [-0.15, -0.1) is 0 Å². The van der Waals surface area contributed by atoms with E-state index in [1.807, 2.05) is 34.7 Å². The Bertz CT molecular complexity index is 888. The predicted octanol–water partition coefficient (Wildman–Crippen LogP) is 1.24. The summed E-state index contributed by atoms with van der Waals surface area (Å²) in [5, 5.41) is 3.27. The molecule has 0 aromatic carbocycles. The van der Waals surface area contributed by atoms with Crippen molar-refractivity contribution in [2.45, 2.75) is 32.1 Å². The van der Waals surface area contributed by atoms with Crippen LogP contribution in [-0.4, -0.2) is 63.9 Å². The lowest BCUT2D eigenvalue weighted by Gasteiger charge is -2.39. The molecule has 1 fully saturated rings. The van der Waals surface area contributed by atoms with E-state index < -0.39 is 14.6 Å². The van der Waals surface area contributed by atoms with Gasteiger partial charge in [-0.25, -0.2) is 23.4 Å². The highest BCUT2D eigenvalue weighted by molar-refractivity contribution is 7.92. The molecule has 146 valence electrons. The molecule has 0 radical (unpaired) electrons. The van der Waals surface area contributed by atoms with Gasteiger partial charge in [-0.3, -0.25) is 4.57 Å². The molecule has 0 bridgehead atoms. The molecule has 3 heterocycles. The molecule has 0 spiro atoms. The summed E-state index contributed by atoms with van der Waals surface area (Å²) in [4.78, 5) is 15.2. The Morgan fingerprint density at radius 1 is 1.37 bits per heavy atom. The number of sulfone groups is 1. The molecule has 9 heteroatoms. The van der Waals surface area contributed by atoms with E-state index in [1.165, 1.54) is 0 Å². The molecule has 1 aliphatic rings. The van der Waals surface area contributed by atoms with Gasteiger partial charge in [0.25, 0.3) is 0 Å². The molecule has 0 atom stereocenters. The zero-order valence-electron chi connectivity index (χ0n) is 16.0. The third-order valence-corrected chi connectivity index (χ3v) is 7.20. The van der Waals surface area contributed by atoms with Crippen LogP contribution >= 0.6 is 0 Å². The second kappa shape index (κ2) is 7.67. The first-order valence-corrected chi connectivity index (χ1v) is 10.7. The Balaban J connectivity index is 1.72. The minimum Gasteiger partial charge on any atom is -0.357 e. The maximum Gasteiger partial charge on any atom is 0.194 e. The number of nitrogens with one attached hydrogen (secondary N) is 1. The van der Waals surface area contributed by atoms with Gasteiger partial charge in [0.1, 0.15) is 12.1 Å². The van der Waals surface area contributed by atoms with E-state index in [2.05, 4.69) is 15.3 Å². The number of imidazole rings is 1. The van der Waals surface area contributed by atoms with E-state index in [0.29, 0.717) is 19.6 Å². The molecule has 1 saturated heterocycles. The molecular weight excluding hydrogens is 364 g/mol. The summed E-state index contributed by atoms with van der Waals surface area (Å²) in [5.74, 6) is 1.68. The Labute approximate surface area is 160 Å². The van der Waals surface area contributed by atoms with Gasteiger partial charge < -0.3 is 10.2 Å². The second-order valence-electron chi connectivity index (χ2n) is 7.16. The maximum absolute atomic E-state index is 12.2. The van der Waals surface area contributed by atoms with E-state index >= 15 is 0 Å². The highest BCUT2D eigenvalue weighted by Gasteiger charge is 2.40. The van der Waals surface area contributed by atoms with Crippen molar-refractivity contribution in [3.63, 3.8) is 0 Å². The van der Waals surface area contributed by atoms with Gasteiger partial charge in [0, 0.05) is 38.2 Å². The molecule has 8 nitrogen and oxygen atoms in total. The fourth-order valence-corrected chi connectivity index (χ4v) is 4.34. The summed E-state index contributed by atoms with van der Waals surface area (Å²) in [6, 6.07) is 3.91. The van der Waals surface area contributed by atoms with Crippen LogP contribution in [0.3, 0.4) is 0 Å². The first kappa shape index (κ1) is 19.3. The second-order valence-corrected chi connectivity index (χ2v) is 9.91. The number of aromatic nitrogens is 3. The van der Waals surface area contributed by atoms with Crippen molar-refractivity contribution >= 4 is 15.8 Å². The Morgan fingerprint density at radius 3 is 2.78 bits per heavy atom. The number of aliphatic imine (C=N–C) groups is 1. The van der Waals surface area contributed by atoms with Crippen molar-refractivity contribution in [3.05, 3.63) is 42.6 Å². The number of hydrogen-bond donors (Lipinski definition) is 1. The fourth-order valence-electron chi connectivity index (χ4n) is 2.97. The van der Waals surface area contributed by atoms with E-state index in [4.69, 9.17) is 4.99 Å². The van der Waals surface area contributed by atoms with Crippen LogP contribution in [0.2, 0.25) is 0 Å². The summed E-state index contributed by atoms with van der Waals surface area (Å²) < 4.78 is 25.5. The van der Waals surface area contributed by atoms with E-state index in [1.54, 1.807) is 32.6 Å². The molecule has 2 aromatic heterocycles. The monoisotopic (exact) mass is 390 g/mol. The van der Waals surface area contributed by atoms with Gasteiger partial charge in [0.05, 0.1) is 17.0 Å². The van der Waals surface area contributed by atoms with Gasteiger partial charge in [-0.2, -0.15) is 0 Å². The van der Waals surface area contributed by atoms with Crippen molar-refractivity contribution in [2.75, 3.05) is 25.4 Å². The maximum atomic E-state index is 12.2.